The van der Waals surface area contributed by atoms with Gasteiger partial charge in [-0.3, -0.25) is 0 Å². The average Bonchev–Trinajstić information content (AvgIpc) is 2.08. The first-order valence-corrected chi connectivity index (χ1v) is 4.52. The molecule has 1 fully saturated rings. The normalized spacial score (nSPS) is 49.2. The van der Waals surface area contributed by atoms with Gasteiger partial charge in [-0.2, -0.15) is 0 Å². The monoisotopic (exact) mass is 174 g/mol. The van der Waals surface area contributed by atoms with Gasteiger partial charge in [0, 0.05) is 11.8 Å². The van der Waals surface area contributed by atoms with E-state index in [0.717, 1.165) is 0 Å². The Morgan fingerprint density at radius 2 is 1.75 bits per heavy atom. The molecule has 3 nitrogen and oxygen atoms in total. The Labute approximate surface area is 73.4 Å². The Morgan fingerprint density at radius 3 is 2.25 bits per heavy atom. The van der Waals surface area contributed by atoms with Crippen molar-refractivity contribution in [1.29, 1.82) is 0 Å². The van der Waals surface area contributed by atoms with E-state index in [0.29, 0.717) is 0 Å². The number of rotatable bonds is 1. The molecule has 72 valence electrons. The van der Waals surface area contributed by atoms with Gasteiger partial charge in [-0.15, -0.1) is 0 Å². The van der Waals surface area contributed by atoms with Crippen LogP contribution in [0.1, 0.15) is 20.8 Å². The lowest BCUT2D eigenvalue weighted by molar-refractivity contribution is -0.168. The van der Waals surface area contributed by atoms with Crippen molar-refractivity contribution < 1.29 is 14.9 Å². The number of aliphatic hydroxyl groups is 2. The van der Waals surface area contributed by atoms with E-state index in [9.17, 15) is 5.11 Å². The predicted molar refractivity (Wildman–Crippen MR) is 45.8 cm³/mol. The van der Waals surface area contributed by atoms with Crippen molar-refractivity contribution in [2.45, 2.75) is 39.1 Å². The molecule has 0 aromatic carbocycles. The molecule has 1 heterocycles. The molecule has 1 saturated heterocycles. The number of aliphatic hydroxyl groups excluding tert-OH is 2. The van der Waals surface area contributed by atoms with Crippen LogP contribution in [0.5, 0.6) is 0 Å². The molecule has 1 aliphatic rings. The molecule has 0 saturated carbocycles. The molecule has 5 atom stereocenters. The van der Waals surface area contributed by atoms with E-state index < -0.39 is 0 Å². The quantitative estimate of drug-likeness (QED) is 0.605. The second-order valence-electron chi connectivity index (χ2n) is 3.77. The van der Waals surface area contributed by atoms with Crippen molar-refractivity contribution in [3.8, 4) is 0 Å². The Hall–Kier alpha value is -0.120. The number of hydrogen-bond acceptors (Lipinski definition) is 3. The van der Waals surface area contributed by atoms with Crippen molar-refractivity contribution in [2.24, 2.45) is 11.8 Å². The molecule has 0 aliphatic carbocycles. The van der Waals surface area contributed by atoms with Gasteiger partial charge in [0.1, 0.15) is 0 Å². The van der Waals surface area contributed by atoms with Crippen molar-refractivity contribution in [3.63, 3.8) is 0 Å². The first-order chi connectivity index (χ1) is 5.57. The van der Waals surface area contributed by atoms with Crippen LogP contribution >= 0.6 is 0 Å². The largest absolute Gasteiger partial charge is 0.394 e. The van der Waals surface area contributed by atoms with Crippen LogP contribution in [-0.2, 0) is 4.74 Å². The van der Waals surface area contributed by atoms with Crippen LogP contribution < -0.4 is 0 Å². The van der Waals surface area contributed by atoms with Crippen molar-refractivity contribution in [2.75, 3.05) is 6.61 Å². The maximum Gasteiger partial charge on any atom is 0.0859 e. The smallest absolute Gasteiger partial charge is 0.0859 e. The van der Waals surface area contributed by atoms with Crippen LogP contribution in [0.4, 0.5) is 0 Å². The van der Waals surface area contributed by atoms with E-state index in [1.165, 1.54) is 0 Å². The van der Waals surface area contributed by atoms with Gasteiger partial charge in [-0.05, 0) is 6.92 Å². The summed E-state index contributed by atoms with van der Waals surface area (Å²) in [4.78, 5) is 0. The van der Waals surface area contributed by atoms with Gasteiger partial charge in [-0.25, -0.2) is 0 Å². The minimum absolute atomic E-state index is 0.00468. The highest BCUT2D eigenvalue weighted by atomic mass is 16.5. The Morgan fingerprint density at radius 1 is 1.17 bits per heavy atom. The molecule has 0 aromatic rings. The fraction of sp³-hybridized carbons (Fsp3) is 1.00. The fourth-order valence-electron chi connectivity index (χ4n) is 1.71. The SMILES string of the molecule is C[C@@H]1C(CO)O[C@@H](C)[C@@H](C)C1O. The summed E-state index contributed by atoms with van der Waals surface area (Å²) in [6.45, 7) is 5.81. The number of ether oxygens (including phenoxy) is 1. The molecule has 0 amide bonds. The van der Waals surface area contributed by atoms with Crippen LogP contribution in [0, 0.1) is 11.8 Å². The summed E-state index contributed by atoms with van der Waals surface area (Å²) in [6.07, 6.45) is -0.523. The molecule has 2 N–H and O–H groups in total. The highest BCUT2D eigenvalue weighted by Crippen LogP contribution is 2.29. The van der Waals surface area contributed by atoms with E-state index in [2.05, 4.69) is 0 Å². The average molecular weight is 174 g/mol. The third kappa shape index (κ3) is 1.63. The van der Waals surface area contributed by atoms with Gasteiger partial charge < -0.3 is 14.9 Å². The summed E-state index contributed by atoms with van der Waals surface area (Å²) in [5.41, 5.74) is 0. The van der Waals surface area contributed by atoms with E-state index in [1.54, 1.807) is 0 Å². The van der Waals surface area contributed by atoms with Crippen LogP contribution in [0.2, 0.25) is 0 Å². The Kier molecular flexibility index (Phi) is 3.09. The maximum absolute atomic E-state index is 9.73. The molecule has 0 aromatic heterocycles. The molecule has 1 rings (SSSR count). The van der Waals surface area contributed by atoms with Gasteiger partial charge in [0.25, 0.3) is 0 Å². The lowest BCUT2D eigenvalue weighted by atomic mass is 9.83. The zero-order chi connectivity index (χ0) is 9.30. The lowest BCUT2D eigenvalue weighted by Crippen LogP contribution is -2.49. The molecular weight excluding hydrogens is 156 g/mol. The van der Waals surface area contributed by atoms with Crippen molar-refractivity contribution in [3.05, 3.63) is 0 Å². The van der Waals surface area contributed by atoms with Gasteiger partial charge in [0.05, 0.1) is 24.9 Å². The third-order valence-corrected chi connectivity index (χ3v) is 2.97. The molecule has 3 heteroatoms. The van der Waals surface area contributed by atoms with E-state index in [1.807, 2.05) is 20.8 Å². The molecular formula is C9H18O3. The van der Waals surface area contributed by atoms with Crippen LogP contribution in [0.3, 0.4) is 0 Å². The van der Waals surface area contributed by atoms with Crippen LogP contribution in [-0.4, -0.2) is 35.1 Å². The molecule has 1 aliphatic heterocycles. The van der Waals surface area contributed by atoms with E-state index in [-0.39, 0.29) is 36.8 Å². The molecule has 12 heavy (non-hydrogen) atoms. The zero-order valence-corrected chi connectivity index (χ0v) is 7.90. The van der Waals surface area contributed by atoms with Crippen molar-refractivity contribution >= 4 is 0 Å². The number of hydrogen-bond donors (Lipinski definition) is 2. The Bertz CT molecular complexity index is 144. The molecule has 0 radical (unpaired) electrons. The summed E-state index contributed by atoms with van der Waals surface area (Å²) < 4.78 is 5.52. The second-order valence-corrected chi connectivity index (χ2v) is 3.77. The van der Waals surface area contributed by atoms with Gasteiger partial charge in [0.2, 0.25) is 0 Å². The maximum atomic E-state index is 9.73. The van der Waals surface area contributed by atoms with Crippen LogP contribution in [0.15, 0.2) is 0 Å². The summed E-state index contributed by atoms with van der Waals surface area (Å²) in [5, 5.41) is 18.7. The van der Waals surface area contributed by atoms with Gasteiger partial charge in [-0.1, -0.05) is 13.8 Å². The molecule has 0 spiro atoms. The summed E-state index contributed by atoms with van der Waals surface area (Å²) in [5.74, 6) is 0.184. The first kappa shape index (κ1) is 9.96. The lowest BCUT2D eigenvalue weighted by Gasteiger charge is -2.40. The third-order valence-electron chi connectivity index (χ3n) is 2.97. The topological polar surface area (TPSA) is 49.7 Å². The highest BCUT2D eigenvalue weighted by Gasteiger charge is 2.37. The molecule has 0 bridgehead atoms. The second kappa shape index (κ2) is 3.73. The van der Waals surface area contributed by atoms with E-state index in [4.69, 9.17) is 9.84 Å². The zero-order valence-electron chi connectivity index (χ0n) is 7.90. The van der Waals surface area contributed by atoms with Gasteiger partial charge >= 0.3 is 0 Å². The van der Waals surface area contributed by atoms with Crippen molar-refractivity contribution in [1.82, 2.24) is 0 Å². The molecule has 2 unspecified atom stereocenters. The minimum Gasteiger partial charge on any atom is -0.394 e. The highest BCUT2D eigenvalue weighted by molar-refractivity contribution is 4.85. The van der Waals surface area contributed by atoms with E-state index >= 15 is 0 Å². The van der Waals surface area contributed by atoms with Crippen LogP contribution in [0.25, 0.3) is 0 Å². The van der Waals surface area contributed by atoms with Gasteiger partial charge in [0.15, 0.2) is 0 Å². The fourth-order valence-corrected chi connectivity index (χ4v) is 1.71. The Balaban J connectivity index is 2.63. The summed E-state index contributed by atoms with van der Waals surface area (Å²) in [6, 6.07) is 0. The summed E-state index contributed by atoms with van der Waals surface area (Å²) >= 11 is 0. The standard InChI is InChI=1S/C9H18O3/c1-5-7(3)12-8(4-10)6(2)9(5)11/h5-11H,4H2,1-3H3/t5-,6-,7+,8?,9?/m1/s1. The first-order valence-electron chi connectivity index (χ1n) is 4.52. The summed E-state index contributed by atoms with van der Waals surface area (Å²) in [7, 11) is 0. The minimum atomic E-state index is -0.356. The predicted octanol–water partition coefficient (Wildman–Crippen LogP) is 0.399.